The maximum absolute atomic E-state index is 5.96. The van der Waals surface area contributed by atoms with Gasteiger partial charge in [-0.05, 0) is 24.2 Å². The van der Waals surface area contributed by atoms with Gasteiger partial charge in [0.2, 0.25) is 0 Å². The van der Waals surface area contributed by atoms with Crippen LogP contribution in [-0.4, -0.2) is 13.7 Å². The Balaban J connectivity index is 2.32. The van der Waals surface area contributed by atoms with Crippen molar-refractivity contribution >= 4 is 0 Å². The van der Waals surface area contributed by atoms with E-state index in [0.717, 1.165) is 18.1 Å². The van der Waals surface area contributed by atoms with Crippen LogP contribution >= 0.6 is 0 Å². The lowest BCUT2D eigenvalue weighted by atomic mass is 9.76. The van der Waals surface area contributed by atoms with Gasteiger partial charge in [-0.15, -0.1) is 0 Å². The number of rotatable bonds is 7. The Bertz CT molecular complexity index is 545. The number of benzene rings is 1. The van der Waals surface area contributed by atoms with Gasteiger partial charge in [-0.25, -0.2) is 0 Å². The van der Waals surface area contributed by atoms with Gasteiger partial charge in [0.1, 0.15) is 18.1 Å². The molecule has 0 saturated heterocycles. The lowest BCUT2D eigenvalue weighted by Crippen LogP contribution is -2.37. The predicted octanol–water partition coefficient (Wildman–Crippen LogP) is 4.05. The van der Waals surface area contributed by atoms with E-state index in [0.29, 0.717) is 6.61 Å². The molecule has 3 nitrogen and oxygen atoms in total. The summed E-state index contributed by atoms with van der Waals surface area (Å²) >= 11 is 0. The van der Waals surface area contributed by atoms with Gasteiger partial charge in [-0.3, -0.25) is 0 Å². The normalized spacial score (nSPS) is 13.3. The van der Waals surface area contributed by atoms with Crippen molar-refractivity contribution in [1.82, 2.24) is 5.32 Å². The topological polar surface area (TPSA) is 34.4 Å². The largest absolute Gasteiger partial charge is 0.462 e. The quantitative estimate of drug-likeness (QED) is 0.834. The van der Waals surface area contributed by atoms with Crippen LogP contribution in [0.1, 0.15) is 43.9 Å². The van der Waals surface area contributed by atoms with E-state index in [9.17, 15) is 0 Å². The number of nitrogens with one attached hydrogen (secondary N) is 1. The van der Waals surface area contributed by atoms with E-state index in [2.05, 4.69) is 50.4 Å². The molecule has 1 aromatic carbocycles. The van der Waals surface area contributed by atoms with E-state index in [1.807, 2.05) is 18.2 Å². The molecule has 0 bridgehead atoms. The van der Waals surface area contributed by atoms with Crippen LogP contribution in [0.2, 0.25) is 0 Å². The van der Waals surface area contributed by atoms with Crippen molar-refractivity contribution in [2.45, 2.75) is 38.8 Å². The van der Waals surface area contributed by atoms with Gasteiger partial charge in [-0.2, -0.15) is 0 Å². The second kappa shape index (κ2) is 6.92. The molecular formula is C18H25NO2. The van der Waals surface area contributed by atoms with Crippen molar-refractivity contribution in [2.75, 3.05) is 13.7 Å². The Labute approximate surface area is 127 Å². The van der Waals surface area contributed by atoms with Crippen LogP contribution in [0, 0.1) is 0 Å². The Kier molecular flexibility index (Phi) is 5.21. The molecule has 0 spiro atoms. The van der Waals surface area contributed by atoms with Gasteiger partial charge < -0.3 is 14.5 Å². The highest BCUT2D eigenvalue weighted by Gasteiger charge is 2.34. The molecule has 2 rings (SSSR count). The molecule has 1 atom stereocenters. The first kappa shape index (κ1) is 15.8. The maximum atomic E-state index is 5.96. The molecule has 0 fully saturated rings. The predicted molar refractivity (Wildman–Crippen MR) is 85.3 cm³/mol. The van der Waals surface area contributed by atoms with E-state index in [4.69, 9.17) is 9.15 Å². The molecule has 21 heavy (non-hydrogen) atoms. The molecule has 2 aromatic rings. The molecule has 0 aliphatic carbocycles. The standard InChI is InChI=1S/C18H25NO2/c1-5-19-17(16-12-11-15(21-16)13-20-4)18(2,3)14-9-7-6-8-10-14/h6-12,17,19H,5,13H2,1-4H3. The molecule has 114 valence electrons. The fraction of sp³-hybridized carbons (Fsp3) is 0.444. The summed E-state index contributed by atoms with van der Waals surface area (Å²) in [5, 5.41) is 3.56. The number of likely N-dealkylation sites (N-methyl/N-ethyl adjacent to an activating group) is 1. The van der Waals surface area contributed by atoms with E-state index >= 15 is 0 Å². The molecule has 1 aromatic heterocycles. The Morgan fingerprint density at radius 1 is 1.14 bits per heavy atom. The highest BCUT2D eigenvalue weighted by molar-refractivity contribution is 5.29. The second-order valence-electron chi connectivity index (χ2n) is 5.82. The van der Waals surface area contributed by atoms with E-state index in [1.54, 1.807) is 7.11 Å². The summed E-state index contributed by atoms with van der Waals surface area (Å²) in [7, 11) is 1.68. The zero-order valence-corrected chi connectivity index (χ0v) is 13.3. The van der Waals surface area contributed by atoms with Crippen molar-refractivity contribution in [1.29, 1.82) is 0 Å². The number of hydrogen-bond acceptors (Lipinski definition) is 3. The fourth-order valence-corrected chi connectivity index (χ4v) is 2.72. The van der Waals surface area contributed by atoms with Crippen molar-refractivity contribution in [2.24, 2.45) is 0 Å². The summed E-state index contributed by atoms with van der Waals surface area (Å²) in [4.78, 5) is 0. The summed E-state index contributed by atoms with van der Waals surface area (Å²) < 4.78 is 11.1. The molecule has 1 unspecified atom stereocenters. The average Bonchev–Trinajstić information content (AvgIpc) is 2.94. The molecule has 0 saturated carbocycles. The summed E-state index contributed by atoms with van der Waals surface area (Å²) in [6.45, 7) is 8.00. The second-order valence-corrected chi connectivity index (χ2v) is 5.82. The van der Waals surface area contributed by atoms with Gasteiger partial charge in [0, 0.05) is 12.5 Å². The summed E-state index contributed by atoms with van der Waals surface area (Å²) in [5.41, 5.74) is 1.22. The first-order valence-corrected chi connectivity index (χ1v) is 7.46. The molecule has 1 heterocycles. The van der Waals surface area contributed by atoms with Crippen molar-refractivity contribution < 1.29 is 9.15 Å². The van der Waals surface area contributed by atoms with Crippen LogP contribution < -0.4 is 5.32 Å². The monoisotopic (exact) mass is 287 g/mol. The molecule has 3 heteroatoms. The SMILES string of the molecule is CCNC(c1ccc(COC)o1)C(C)(C)c1ccccc1. The number of methoxy groups -OCH3 is 1. The summed E-state index contributed by atoms with van der Waals surface area (Å²) in [6.07, 6.45) is 0. The zero-order valence-electron chi connectivity index (χ0n) is 13.3. The van der Waals surface area contributed by atoms with Crippen LogP contribution in [0.15, 0.2) is 46.9 Å². The minimum absolute atomic E-state index is 0.0700. The number of furan rings is 1. The third-order valence-electron chi connectivity index (χ3n) is 3.90. The van der Waals surface area contributed by atoms with Crippen LogP contribution in [0.5, 0.6) is 0 Å². The number of hydrogen-bond donors (Lipinski definition) is 1. The average molecular weight is 287 g/mol. The van der Waals surface area contributed by atoms with E-state index in [-0.39, 0.29) is 11.5 Å². The Morgan fingerprint density at radius 2 is 1.86 bits per heavy atom. The van der Waals surface area contributed by atoms with Crippen molar-refractivity contribution in [3.8, 4) is 0 Å². The minimum atomic E-state index is -0.0700. The maximum Gasteiger partial charge on any atom is 0.129 e. The molecule has 0 aliphatic heterocycles. The highest BCUT2D eigenvalue weighted by Crippen LogP contribution is 2.37. The first-order valence-electron chi connectivity index (χ1n) is 7.46. The zero-order chi connectivity index (χ0) is 15.3. The molecule has 0 radical (unpaired) electrons. The summed E-state index contributed by atoms with van der Waals surface area (Å²) in [5.74, 6) is 1.82. The van der Waals surface area contributed by atoms with Gasteiger partial charge >= 0.3 is 0 Å². The van der Waals surface area contributed by atoms with Crippen molar-refractivity contribution in [3.63, 3.8) is 0 Å². The van der Waals surface area contributed by atoms with Crippen molar-refractivity contribution in [3.05, 3.63) is 59.5 Å². The highest BCUT2D eigenvalue weighted by atomic mass is 16.5. The van der Waals surface area contributed by atoms with Gasteiger partial charge in [0.05, 0.1) is 6.04 Å². The van der Waals surface area contributed by atoms with Crippen LogP contribution in [-0.2, 0) is 16.8 Å². The molecule has 1 N–H and O–H groups in total. The minimum Gasteiger partial charge on any atom is -0.462 e. The lowest BCUT2D eigenvalue weighted by Gasteiger charge is -2.34. The third kappa shape index (κ3) is 3.55. The number of ether oxygens (including phenoxy) is 1. The molecule has 0 amide bonds. The van der Waals surface area contributed by atoms with Gasteiger partial charge in [-0.1, -0.05) is 51.1 Å². The van der Waals surface area contributed by atoms with Crippen LogP contribution in [0.25, 0.3) is 0 Å². The third-order valence-corrected chi connectivity index (χ3v) is 3.90. The van der Waals surface area contributed by atoms with E-state index < -0.39 is 0 Å². The van der Waals surface area contributed by atoms with Gasteiger partial charge in [0.15, 0.2) is 0 Å². The van der Waals surface area contributed by atoms with E-state index in [1.165, 1.54) is 5.56 Å². The summed E-state index contributed by atoms with van der Waals surface area (Å²) in [6, 6.07) is 14.7. The van der Waals surface area contributed by atoms with Crippen LogP contribution in [0.4, 0.5) is 0 Å². The molecule has 0 aliphatic rings. The molecular weight excluding hydrogens is 262 g/mol. The lowest BCUT2D eigenvalue weighted by molar-refractivity contribution is 0.159. The van der Waals surface area contributed by atoms with Gasteiger partial charge in [0.25, 0.3) is 0 Å². The fourth-order valence-electron chi connectivity index (χ4n) is 2.72. The Hall–Kier alpha value is -1.58. The Morgan fingerprint density at radius 3 is 2.48 bits per heavy atom. The first-order chi connectivity index (χ1) is 10.1. The van der Waals surface area contributed by atoms with Crippen LogP contribution in [0.3, 0.4) is 0 Å². The smallest absolute Gasteiger partial charge is 0.129 e.